The van der Waals surface area contributed by atoms with E-state index in [1.54, 1.807) is 42.5 Å². The van der Waals surface area contributed by atoms with Crippen molar-refractivity contribution >= 4 is 40.6 Å². The van der Waals surface area contributed by atoms with Gasteiger partial charge < -0.3 is 24.3 Å². The minimum Gasteiger partial charge on any atom is -0.496 e. The van der Waals surface area contributed by atoms with E-state index in [0.717, 1.165) is 0 Å². The van der Waals surface area contributed by atoms with E-state index >= 15 is 0 Å². The van der Waals surface area contributed by atoms with Crippen LogP contribution >= 0.6 is 23.2 Å². The molecule has 3 aromatic carbocycles. The molecule has 3 rings (SSSR count). The van der Waals surface area contributed by atoms with Gasteiger partial charge in [-0.25, -0.2) is 0 Å². The molecule has 1 amide bonds. The van der Waals surface area contributed by atoms with E-state index in [-0.39, 0.29) is 12.4 Å². The van der Waals surface area contributed by atoms with E-state index < -0.39 is 5.91 Å². The monoisotopic (exact) mass is 503 g/mol. The minimum absolute atomic E-state index is 0.0827. The number of nitrogens with one attached hydrogen (secondary N) is 1. The highest BCUT2D eigenvalue weighted by Gasteiger charge is 2.18. The van der Waals surface area contributed by atoms with Gasteiger partial charge in [0, 0.05) is 22.8 Å². The largest absolute Gasteiger partial charge is 0.496 e. The number of Topliss-reactive ketones (excluding diaryl/α,β-unsaturated/α-hetero) is 1. The Morgan fingerprint density at radius 3 is 2.18 bits per heavy atom. The van der Waals surface area contributed by atoms with Crippen molar-refractivity contribution in [2.75, 3.05) is 26.6 Å². The van der Waals surface area contributed by atoms with Crippen molar-refractivity contribution in [3.8, 4) is 23.0 Å². The number of rotatable bonds is 9. The van der Waals surface area contributed by atoms with Crippen LogP contribution in [0.25, 0.3) is 0 Å². The van der Waals surface area contributed by atoms with Gasteiger partial charge in [0.2, 0.25) is 0 Å². The topological polar surface area (TPSA) is 83.1 Å². The van der Waals surface area contributed by atoms with E-state index in [1.165, 1.54) is 34.3 Å². The van der Waals surface area contributed by atoms with Gasteiger partial charge in [-0.3, -0.25) is 9.59 Å². The summed E-state index contributed by atoms with van der Waals surface area (Å²) < 4.78 is 21.8. The van der Waals surface area contributed by atoms with E-state index in [4.69, 9.17) is 42.1 Å². The predicted molar refractivity (Wildman–Crippen MR) is 131 cm³/mol. The van der Waals surface area contributed by atoms with Gasteiger partial charge in [-0.2, -0.15) is 0 Å². The lowest BCUT2D eigenvalue weighted by Gasteiger charge is -2.16. The molecule has 0 aliphatic carbocycles. The van der Waals surface area contributed by atoms with Crippen LogP contribution in [0.15, 0.2) is 48.5 Å². The smallest absolute Gasteiger partial charge is 0.255 e. The summed E-state index contributed by atoms with van der Waals surface area (Å²) in [6.07, 6.45) is 0. The quantitative estimate of drug-likeness (QED) is 0.357. The maximum absolute atomic E-state index is 13.1. The molecule has 0 unspecified atom stereocenters. The van der Waals surface area contributed by atoms with E-state index in [1.807, 2.05) is 0 Å². The van der Waals surface area contributed by atoms with Crippen LogP contribution in [0.3, 0.4) is 0 Å². The lowest BCUT2D eigenvalue weighted by Crippen LogP contribution is -2.15. The standard InChI is InChI=1S/C25H23Cl2NO6/c1-14(29)17-11-22(32-3)23(33-4)12-19(17)28-25(30)15-8-9-20(31-2)16(10-15)13-34-21-7-5-6-18(26)24(21)27/h5-12H,13H2,1-4H3,(H,28,30). The van der Waals surface area contributed by atoms with Crippen LogP contribution in [-0.2, 0) is 6.61 Å². The Labute approximate surface area is 207 Å². The number of anilines is 1. The van der Waals surface area contributed by atoms with Gasteiger partial charge in [0.1, 0.15) is 23.1 Å². The Hall–Kier alpha value is -3.42. The highest BCUT2D eigenvalue weighted by Crippen LogP contribution is 2.35. The molecule has 9 heteroatoms. The molecule has 0 radical (unpaired) electrons. The first-order valence-corrected chi connectivity index (χ1v) is 10.9. The molecule has 0 atom stereocenters. The van der Waals surface area contributed by atoms with Crippen molar-refractivity contribution in [2.45, 2.75) is 13.5 Å². The number of hydrogen-bond acceptors (Lipinski definition) is 6. The normalized spacial score (nSPS) is 10.4. The average molecular weight is 504 g/mol. The van der Waals surface area contributed by atoms with Crippen molar-refractivity contribution in [1.82, 2.24) is 0 Å². The Balaban J connectivity index is 1.88. The number of carbonyl (C=O) groups excluding carboxylic acids is 2. The molecule has 3 aromatic rings. The third-order valence-electron chi connectivity index (χ3n) is 4.99. The molecule has 0 fully saturated rings. The Morgan fingerprint density at radius 2 is 1.53 bits per heavy atom. The number of hydrogen-bond donors (Lipinski definition) is 1. The first kappa shape index (κ1) is 25.2. The van der Waals surface area contributed by atoms with Crippen LogP contribution in [0.4, 0.5) is 5.69 Å². The molecule has 0 aliphatic rings. The molecule has 0 saturated heterocycles. The Morgan fingerprint density at radius 1 is 0.853 bits per heavy atom. The third-order valence-corrected chi connectivity index (χ3v) is 5.79. The van der Waals surface area contributed by atoms with E-state index in [0.29, 0.717) is 55.4 Å². The fourth-order valence-electron chi connectivity index (χ4n) is 3.25. The van der Waals surface area contributed by atoms with Crippen molar-refractivity contribution < 1.29 is 28.5 Å². The molecule has 0 aliphatic heterocycles. The third kappa shape index (κ3) is 5.55. The van der Waals surface area contributed by atoms with Gasteiger partial charge >= 0.3 is 0 Å². The minimum atomic E-state index is -0.431. The molecule has 0 bridgehead atoms. The van der Waals surface area contributed by atoms with Crippen LogP contribution in [0, 0.1) is 0 Å². The summed E-state index contributed by atoms with van der Waals surface area (Å²) in [4.78, 5) is 25.2. The van der Waals surface area contributed by atoms with Crippen LogP contribution in [0.2, 0.25) is 10.0 Å². The molecule has 0 aromatic heterocycles. The molecule has 0 heterocycles. The summed E-state index contributed by atoms with van der Waals surface area (Å²) in [6, 6.07) is 13.1. The number of ether oxygens (including phenoxy) is 4. The van der Waals surface area contributed by atoms with Crippen molar-refractivity contribution in [3.63, 3.8) is 0 Å². The van der Waals surface area contributed by atoms with Gasteiger partial charge in [0.05, 0.1) is 32.0 Å². The molecular weight excluding hydrogens is 481 g/mol. The van der Waals surface area contributed by atoms with E-state index in [2.05, 4.69) is 5.32 Å². The zero-order valence-corrected chi connectivity index (χ0v) is 20.5. The maximum Gasteiger partial charge on any atom is 0.255 e. The van der Waals surface area contributed by atoms with Gasteiger partial charge in [0.15, 0.2) is 17.3 Å². The number of ketones is 1. The van der Waals surface area contributed by atoms with Crippen LogP contribution in [0.1, 0.15) is 33.2 Å². The highest BCUT2D eigenvalue weighted by atomic mass is 35.5. The summed E-state index contributed by atoms with van der Waals surface area (Å²) in [7, 11) is 4.46. The summed E-state index contributed by atoms with van der Waals surface area (Å²) in [5.41, 5.74) is 1.54. The number of amides is 1. The fraction of sp³-hybridized carbons (Fsp3) is 0.200. The number of methoxy groups -OCH3 is 3. The van der Waals surface area contributed by atoms with Crippen LogP contribution in [-0.4, -0.2) is 33.0 Å². The second kappa shape index (κ2) is 11.1. The summed E-state index contributed by atoms with van der Waals surface area (Å²) >= 11 is 12.2. The molecule has 178 valence electrons. The number of carbonyl (C=O) groups is 2. The van der Waals surface area contributed by atoms with E-state index in [9.17, 15) is 9.59 Å². The zero-order chi connectivity index (χ0) is 24.8. The first-order valence-electron chi connectivity index (χ1n) is 10.1. The molecule has 7 nitrogen and oxygen atoms in total. The van der Waals surface area contributed by atoms with Crippen molar-refractivity contribution in [3.05, 3.63) is 75.3 Å². The van der Waals surface area contributed by atoms with Gasteiger partial charge in [-0.05, 0) is 43.3 Å². The lowest BCUT2D eigenvalue weighted by molar-refractivity contribution is 0.101. The molecule has 0 saturated carbocycles. The van der Waals surface area contributed by atoms with Crippen LogP contribution < -0.4 is 24.3 Å². The summed E-state index contributed by atoms with van der Waals surface area (Å²) in [5, 5.41) is 3.44. The lowest BCUT2D eigenvalue weighted by atomic mass is 10.1. The Bertz CT molecular complexity index is 1230. The predicted octanol–water partition coefficient (Wildman–Crippen LogP) is 6.05. The highest BCUT2D eigenvalue weighted by molar-refractivity contribution is 6.42. The van der Waals surface area contributed by atoms with Crippen molar-refractivity contribution in [1.29, 1.82) is 0 Å². The second-order valence-corrected chi connectivity index (χ2v) is 7.92. The first-order chi connectivity index (χ1) is 16.3. The maximum atomic E-state index is 13.1. The number of benzene rings is 3. The van der Waals surface area contributed by atoms with Gasteiger partial charge in [0.25, 0.3) is 5.91 Å². The van der Waals surface area contributed by atoms with Gasteiger partial charge in [-0.15, -0.1) is 0 Å². The molecular formula is C25H23Cl2NO6. The van der Waals surface area contributed by atoms with Crippen molar-refractivity contribution in [2.24, 2.45) is 0 Å². The number of halogens is 2. The van der Waals surface area contributed by atoms with Gasteiger partial charge in [-0.1, -0.05) is 29.3 Å². The zero-order valence-electron chi connectivity index (χ0n) is 19.0. The second-order valence-electron chi connectivity index (χ2n) is 7.13. The fourth-order valence-corrected chi connectivity index (χ4v) is 3.60. The SMILES string of the molecule is COc1ccc(C(=O)Nc2cc(OC)c(OC)cc2C(C)=O)cc1COc1cccc(Cl)c1Cl. The molecule has 34 heavy (non-hydrogen) atoms. The summed E-state index contributed by atoms with van der Waals surface area (Å²) in [6.45, 7) is 1.49. The van der Waals surface area contributed by atoms with Crippen LogP contribution in [0.5, 0.6) is 23.0 Å². The molecule has 1 N–H and O–H groups in total. The summed E-state index contributed by atoms with van der Waals surface area (Å²) in [5.74, 6) is 1.03. The Kier molecular flexibility index (Phi) is 8.26. The molecule has 0 spiro atoms. The average Bonchev–Trinajstić information content (AvgIpc) is 2.84.